The Morgan fingerprint density at radius 2 is 2.07 bits per heavy atom. The Labute approximate surface area is 92.7 Å². The van der Waals surface area contributed by atoms with Gasteiger partial charge < -0.3 is 0 Å². The zero-order chi connectivity index (χ0) is 11.3. The van der Waals surface area contributed by atoms with E-state index in [0.717, 1.165) is 32.1 Å². The monoisotopic (exact) mass is 229 g/mol. The Kier molecular flexibility index (Phi) is 4.62. The first-order valence-corrected chi connectivity index (χ1v) is 7.09. The summed E-state index contributed by atoms with van der Waals surface area (Å²) in [7, 11) is -3.14. The van der Waals surface area contributed by atoms with Gasteiger partial charge in [0.2, 0.25) is 10.0 Å². The minimum Gasteiger partial charge on any atom is -0.212 e. The third kappa shape index (κ3) is 3.51. The summed E-state index contributed by atoms with van der Waals surface area (Å²) in [5.41, 5.74) is 0. The SMILES string of the molecule is C#CCC(CC)NS(=O)(=O)C1CCCC1. The molecule has 0 saturated heterocycles. The van der Waals surface area contributed by atoms with E-state index in [1.54, 1.807) is 0 Å². The second-order valence-electron chi connectivity index (χ2n) is 4.08. The first kappa shape index (κ1) is 12.5. The van der Waals surface area contributed by atoms with E-state index < -0.39 is 10.0 Å². The van der Waals surface area contributed by atoms with E-state index in [-0.39, 0.29) is 11.3 Å². The average Bonchev–Trinajstić information content (AvgIpc) is 2.70. The molecule has 0 heterocycles. The summed E-state index contributed by atoms with van der Waals surface area (Å²) in [5.74, 6) is 2.50. The Morgan fingerprint density at radius 3 is 2.53 bits per heavy atom. The molecule has 1 rings (SSSR count). The van der Waals surface area contributed by atoms with Gasteiger partial charge in [0.25, 0.3) is 0 Å². The van der Waals surface area contributed by atoms with Gasteiger partial charge >= 0.3 is 0 Å². The number of nitrogens with one attached hydrogen (secondary N) is 1. The first-order valence-electron chi connectivity index (χ1n) is 5.54. The molecule has 15 heavy (non-hydrogen) atoms. The normalized spacial score (nSPS) is 20.0. The number of sulfonamides is 1. The van der Waals surface area contributed by atoms with Crippen LogP contribution < -0.4 is 4.72 Å². The van der Waals surface area contributed by atoms with Gasteiger partial charge in [-0.25, -0.2) is 13.1 Å². The van der Waals surface area contributed by atoms with Crippen LogP contribution in [0, 0.1) is 12.3 Å². The van der Waals surface area contributed by atoms with Crippen LogP contribution in [-0.4, -0.2) is 19.7 Å². The Hall–Kier alpha value is -0.530. The number of rotatable bonds is 5. The molecule has 4 heteroatoms. The molecule has 0 aromatic carbocycles. The largest absolute Gasteiger partial charge is 0.214 e. The van der Waals surface area contributed by atoms with Crippen molar-refractivity contribution in [2.45, 2.75) is 56.7 Å². The molecule has 0 radical (unpaired) electrons. The predicted octanol–water partition coefficient (Wildman–Crippen LogP) is 1.65. The highest BCUT2D eigenvalue weighted by Crippen LogP contribution is 2.24. The highest BCUT2D eigenvalue weighted by atomic mass is 32.2. The van der Waals surface area contributed by atoms with Crippen molar-refractivity contribution in [3.05, 3.63) is 0 Å². The van der Waals surface area contributed by atoms with Crippen LogP contribution in [0.25, 0.3) is 0 Å². The van der Waals surface area contributed by atoms with Crippen LogP contribution in [0.1, 0.15) is 45.4 Å². The van der Waals surface area contributed by atoms with Crippen molar-refractivity contribution < 1.29 is 8.42 Å². The second kappa shape index (κ2) is 5.53. The Balaban J connectivity index is 2.58. The van der Waals surface area contributed by atoms with Crippen LogP contribution in [0.5, 0.6) is 0 Å². The summed E-state index contributed by atoms with van der Waals surface area (Å²) in [6.07, 6.45) is 10.1. The molecule has 1 aliphatic rings. The van der Waals surface area contributed by atoms with Gasteiger partial charge in [0, 0.05) is 12.5 Å². The molecule has 0 bridgehead atoms. The Bertz CT molecular complexity index is 323. The molecule has 0 aromatic rings. The molecule has 86 valence electrons. The van der Waals surface area contributed by atoms with Crippen LogP contribution in [0.15, 0.2) is 0 Å². The molecule has 0 aliphatic heterocycles. The van der Waals surface area contributed by atoms with E-state index in [2.05, 4.69) is 10.6 Å². The third-order valence-corrected chi connectivity index (χ3v) is 4.94. The molecule has 1 fully saturated rings. The van der Waals surface area contributed by atoms with E-state index >= 15 is 0 Å². The minimum atomic E-state index is -3.14. The van der Waals surface area contributed by atoms with E-state index in [0.29, 0.717) is 6.42 Å². The van der Waals surface area contributed by atoms with Crippen molar-refractivity contribution in [1.29, 1.82) is 0 Å². The van der Waals surface area contributed by atoms with Crippen LogP contribution in [0.2, 0.25) is 0 Å². The van der Waals surface area contributed by atoms with Gasteiger partial charge in [0.1, 0.15) is 0 Å². The first-order chi connectivity index (χ1) is 7.10. The molecule has 0 aromatic heterocycles. The molecular weight excluding hydrogens is 210 g/mol. The van der Waals surface area contributed by atoms with Crippen molar-refractivity contribution in [3.8, 4) is 12.3 Å². The fraction of sp³-hybridized carbons (Fsp3) is 0.818. The van der Waals surface area contributed by atoms with E-state index in [4.69, 9.17) is 6.42 Å². The van der Waals surface area contributed by atoms with Gasteiger partial charge in [-0.1, -0.05) is 19.8 Å². The van der Waals surface area contributed by atoms with Gasteiger partial charge in [-0.05, 0) is 19.3 Å². The molecule has 0 spiro atoms. The maximum atomic E-state index is 11.9. The average molecular weight is 229 g/mol. The topological polar surface area (TPSA) is 46.2 Å². The zero-order valence-electron chi connectivity index (χ0n) is 9.20. The minimum absolute atomic E-state index is 0.0967. The van der Waals surface area contributed by atoms with E-state index in [9.17, 15) is 8.42 Å². The van der Waals surface area contributed by atoms with Gasteiger partial charge in [-0.2, -0.15) is 0 Å². The van der Waals surface area contributed by atoms with Crippen molar-refractivity contribution in [3.63, 3.8) is 0 Å². The van der Waals surface area contributed by atoms with Gasteiger partial charge in [0.15, 0.2) is 0 Å². The fourth-order valence-corrected chi connectivity index (χ4v) is 3.80. The number of hydrogen-bond donors (Lipinski definition) is 1. The van der Waals surface area contributed by atoms with Crippen LogP contribution in [-0.2, 0) is 10.0 Å². The Morgan fingerprint density at radius 1 is 1.47 bits per heavy atom. The maximum Gasteiger partial charge on any atom is 0.214 e. The molecular formula is C11H19NO2S. The highest BCUT2D eigenvalue weighted by molar-refractivity contribution is 7.90. The van der Waals surface area contributed by atoms with Gasteiger partial charge in [-0.15, -0.1) is 12.3 Å². The molecule has 1 unspecified atom stereocenters. The summed E-state index contributed by atoms with van der Waals surface area (Å²) in [6.45, 7) is 1.94. The lowest BCUT2D eigenvalue weighted by atomic mass is 10.2. The molecule has 0 amide bonds. The van der Waals surface area contributed by atoms with Crippen LogP contribution in [0.4, 0.5) is 0 Å². The maximum absolute atomic E-state index is 11.9. The molecule has 1 N–H and O–H groups in total. The predicted molar refractivity (Wildman–Crippen MR) is 61.8 cm³/mol. The summed E-state index contributed by atoms with van der Waals surface area (Å²) in [4.78, 5) is 0. The van der Waals surface area contributed by atoms with Gasteiger partial charge in [0.05, 0.1) is 5.25 Å². The summed E-state index contributed by atoms with van der Waals surface area (Å²) in [6, 6.07) is -0.0967. The number of hydrogen-bond acceptors (Lipinski definition) is 2. The summed E-state index contributed by atoms with van der Waals surface area (Å²) >= 11 is 0. The second-order valence-corrected chi connectivity index (χ2v) is 6.08. The molecule has 1 saturated carbocycles. The number of terminal acetylenes is 1. The lowest BCUT2D eigenvalue weighted by Gasteiger charge is -2.18. The molecule has 1 atom stereocenters. The lowest BCUT2D eigenvalue weighted by Crippen LogP contribution is -2.39. The van der Waals surface area contributed by atoms with Crippen LogP contribution in [0.3, 0.4) is 0 Å². The molecule has 1 aliphatic carbocycles. The van der Waals surface area contributed by atoms with E-state index in [1.807, 2.05) is 6.92 Å². The smallest absolute Gasteiger partial charge is 0.212 e. The van der Waals surface area contributed by atoms with Crippen LogP contribution >= 0.6 is 0 Å². The lowest BCUT2D eigenvalue weighted by molar-refractivity contribution is 0.531. The van der Waals surface area contributed by atoms with Crippen molar-refractivity contribution in [2.75, 3.05) is 0 Å². The molecule has 3 nitrogen and oxygen atoms in total. The standard InChI is InChI=1S/C11H19NO2S/c1-3-7-10(4-2)12-15(13,14)11-8-5-6-9-11/h1,10-12H,4-9H2,2H3. The summed E-state index contributed by atoms with van der Waals surface area (Å²) in [5, 5.41) is -0.190. The highest BCUT2D eigenvalue weighted by Gasteiger charge is 2.29. The zero-order valence-corrected chi connectivity index (χ0v) is 10.0. The summed E-state index contributed by atoms with van der Waals surface area (Å²) < 4.78 is 26.5. The van der Waals surface area contributed by atoms with E-state index in [1.165, 1.54) is 0 Å². The van der Waals surface area contributed by atoms with Crippen molar-refractivity contribution >= 4 is 10.0 Å². The fourth-order valence-electron chi connectivity index (χ4n) is 1.94. The quantitative estimate of drug-likeness (QED) is 0.729. The van der Waals surface area contributed by atoms with Gasteiger partial charge in [-0.3, -0.25) is 0 Å². The van der Waals surface area contributed by atoms with Crippen molar-refractivity contribution in [2.24, 2.45) is 0 Å². The third-order valence-electron chi connectivity index (χ3n) is 2.93. The van der Waals surface area contributed by atoms with Crippen molar-refractivity contribution in [1.82, 2.24) is 4.72 Å².